The summed E-state index contributed by atoms with van der Waals surface area (Å²) in [6.07, 6.45) is 13.6. The number of aromatic nitrogens is 4. The minimum Gasteiger partial charge on any atom is -0.296 e. The maximum atomic E-state index is 12.7. The Morgan fingerprint density at radius 3 is 1.63 bits per heavy atom. The Hall–Kier alpha value is -5.24. The number of hydrogen-bond donors (Lipinski definition) is 0. The first-order valence-electron chi connectivity index (χ1n) is 16.8. The summed E-state index contributed by atoms with van der Waals surface area (Å²) in [6, 6.07) is 30.9. The highest BCUT2D eigenvalue weighted by Gasteiger charge is 2.15. The average Bonchev–Trinajstić information content (AvgIpc) is 3.53. The van der Waals surface area contributed by atoms with Gasteiger partial charge in [0, 0.05) is 47.1 Å². The van der Waals surface area contributed by atoms with E-state index in [4.69, 9.17) is 11.4 Å². The fourth-order valence-electron chi connectivity index (χ4n) is 6.09. The fourth-order valence-corrected chi connectivity index (χ4v) is 6.44. The minimum atomic E-state index is 0.0828. The largest absolute Gasteiger partial charge is 0.296 e. The van der Waals surface area contributed by atoms with Gasteiger partial charge in [-0.1, -0.05) is 82.9 Å². The van der Waals surface area contributed by atoms with Gasteiger partial charge in [-0.2, -0.15) is 0 Å². The molecule has 2 aliphatic heterocycles. The van der Waals surface area contributed by atoms with Crippen molar-refractivity contribution in [2.24, 2.45) is 0 Å². The van der Waals surface area contributed by atoms with Crippen molar-refractivity contribution in [3.05, 3.63) is 151 Å². The Labute approximate surface area is 295 Å². The van der Waals surface area contributed by atoms with Gasteiger partial charge in [0.25, 0.3) is 11.1 Å². The van der Waals surface area contributed by atoms with Crippen LogP contribution < -0.4 is 11.1 Å². The first-order chi connectivity index (χ1) is 24.0. The predicted octanol–water partition coefficient (Wildman–Crippen LogP) is 8.08. The van der Waals surface area contributed by atoms with Crippen molar-refractivity contribution in [2.75, 3.05) is 0 Å². The van der Waals surface area contributed by atoms with Gasteiger partial charge < -0.3 is 0 Å². The van der Waals surface area contributed by atoms with Gasteiger partial charge >= 0.3 is 0 Å². The lowest BCUT2D eigenvalue weighted by Gasteiger charge is -2.10. The Balaban J connectivity index is 0.000000144. The van der Waals surface area contributed by atoms with Gasteiger partial charge in [0.2, 0.25) is 0 Å². The second kappa shape index (κ2) is 16.2. The summed E-state index contributed by atoms with van der Waals surface area (Å²) < 4.78 is 4.67. The number of rotatable bonds is 0. The van der Waals surface area contributed by atoms with E-state index in [2.05, 4.69) is 38.7 Å². The van der Waals surface area contributed by atoms with Crippen LogP contribution in [0.25, 0.3) is 21.8 Å². The lowest BCUT2D eigenvalue weighted by molar-refractivity contribution is 0.614. The average molecular weight is 710 g/mol. The molecule has 0 aliphatic carbocycles. The van der Waals surface area contributed by atoms with Gasteiger partial charge in [0.05, 0.1) is 21.8 Å². The van der Waals surface area contributed by atoms with Crippen LogP contribution >= 0.6 is 15.9 Å². The van der Waals surface area contributed by atoms with Gasteiger partial charge in [-0.15, -0.1) is 6.42 Å². The molecular weight excluding hydrogens is 672 g/mol. The molecule has 0 radical (unpaired) electrons. The van der Waals surface area contributed by atoms with Crippen LogP contribution in [0.4, 0.5) is 0 Å². The van der Waals surface area contributed by atoms with Crippen LogP contribution in [0, 0.1) is 24.2 Å². The molecule has 6 aromatic rings. The van der Waals surface area contributed by atoms with E-state index >= 15 is 0 Å². The highest BCUT2D eigenvalue weighted by Crippen LogP contribution is 2.19. The molecule has 0 bridgehead atoms. The molecule has 0 unspecified atom stereocenters. The number of halogens is 1. The molecule has 0 saturated heterocycles. The van der Waals surface area contributed by atoms with E-state index in [9.17, 15) is 9.59 Å². The maximum Gasteiger partial charge on any atom is 0.261 e. The predicted molar refractivity (Wildman–Crippen MR) is 202 cm³/mol. The van der Waals surface area contributed by atoms with Crippen LogP contribution in [0.15, 0.2) is 111 Å². The Kier molecular flexibility index (Phi) is 11.2. The lowest BCUT2D eigenvalue weighted by Crippen LogP contribution is -2.24. The molecule has 0 spiro atoms. The SMILES string of the molecule is C#Cc1ccccc1.O=c1c2ccc(Br)cc2nc2n1CCCCC2.O=c1c2ccc(C#Cc3ccccc3)cc2nc2n1CCCCC2. The highest BCUT2D eigenvalue weighted by atomic mass is 79.9. The third-order valence-electron chi connectivity index (χ3n) is 8.66. The number of nitrogens with zero attached hydrogens (tertiary/aromatic N) is 4. The standard InChI is InChI=1S/C21H18N2O.C13H13BrN2O.C8H6/c24-21-18-13-12-17(11-10-16-7-3-1-4-8-16)15-19(18)22-20-9-5-2-6-14-23(20)21;14-9-5-6-10-11(8-9)15-12-4-2-1-3-7-16(12)13(10)17;1-2-8-6-4-3-5-7-8/h1,3-4,7-8,12-13,15H,2,5-6,9,14H2;5-6,8H,1-4,7H2;1,3-7H. The highest BCUT2D eigenvalue weighted by molar-refractivity contribution is 9.10. The second-order valence-electron chi connectivity index (χ2n) is 12.1. The molecule has 8 rings (SSSR count). The third-order valence-corrected chi connectivity index (χ3v) is 9.15. The number of fused-ring (bicyclic) bond motifs is 4. The van der Waals surface area contributed by atoms with E-state index in [0.29, 0.717) is 5.39 Å². The van der Waals surface area contributed by atoms with E-state index in [0.717, 1.165) is 107 Å². The van der Waals surface area contributed by atoms with Crippen molar-refractivity contribution in [3.63, 3.8) is 0 Å². The molecule has 0 saturated carbocycles. The molecule has 4 aromatic carbocycles. The van der Waals surface area contributed by atoms with Gasteiger partial charge in [0.1, 0.15) is 11.6 Å². The molecule has 0 atom stereocenters. The topological polar surface area (TPSA) is 69.8 Å². The van der Waals surface area contributed by atoms with Gasteiger partial charge in [-0.3, -0.25) is 18.7 Å². The summed E-state index contributed by atoms with van der Waals surface area (Å²) in [7, 11) is 0. The first-order valence-corrected chi connectivity index (χ1v) is 17.6. The zero-order valence-electron chi connectivity index (χ0n) is 27.4. The quantitative estimate of drug-likeness (QED) is 0.150. The lowest BCUT2D eigenvalue weighted by atomic mass is 10.1. The van der Waals surface area contributed by atoms with E-state index in [1.54, 1.807) is 0 Å². The third kappa shape index (κ3) is 8.44. The normalized spacial score (nSPS) is 13.4. The molecular formula is C42H37BrN4O2. The summed E-state index contributed by atoms with van der Waals surface area (Å²) in [4.78, 5) is 34.4. The molecule has 244 valence electrons. The summed E-state index contributed by atoms with van der Waals surface area (Å²) >= 11 is 3.42. The summed E-state index contributed by atoms with van der Waals surface area (Å²) in [5.74, 6) is 10.7. The fraction of sp³-hybridized carbons (Fsp3) is 0.238. The minimum absolute atomic E-state index is 0.0828. The Bertz CT molecular complexity index is 2310. The molecule has 2 aromatic heterocycles. The van der Waals surface area contributed by atoms with Crippen molar-refractivity contribution in [2.45, 2.75) is 64.5 Å². The summed E-state index contributed by atoms with van der Waals surface area (Å²) in [5, 5.41) is 1.41. The molecule has 0 N–H and O–H groups in total. The monoisotopic (exact) mass is 708 g/mol. The van der Waals surface area contributed by atoms with Crippen molar-refractivity contribution in [1.29, 1.82) is 0 Å². The van der Waals surface area contributed by atoms with Gasteiger partial charge in [-0.05, 0) is 86.3 Å². The second-order valence-corrected chi connectivity index (χ2v) is 13.0. The van der Waals surface area contributed by atoms with Crippen LogP contribution in [0.2, 0.25) is 0 Å². The molecule has 2 aliphatic rings. The van der Waals surface area contributed by atoms with Gasteiger partial charge in [0.15, 0.2) is 0 Å². The van der Waals surface area contributed by atoms with Crippen molar-refractivity contribution in [1.82, 2.24) is 19.1 Å². The van der Waals surface area contributed by atoms with E-state index in [-0.39, 0.29) is 11.1 Å². The van der Waals surface area contributed by atoms with Crippen LogP contribution in [-0.2, 0) is 25.9 Å². The summed E-state index contributed by atoms with van der Waals surface area (Å²) in [6.45, 7) is 1.60. The van der Waals surface area contributed by atoms with Crippen molar-refractivity contribution in [3.8, 4) is 24.2 Å². The summed E-state index contributed by atoms with van der Waals surface area (Å²) in [5.41, 5.74) is 4.56. The number of hydrogen-bond acceptors (Lipinski definition) is 4. The number of benzene rings is 4. The van der Waals surface area contributed by atoms with Crippen molar-refractivity contribution >= 4 is 37.7 Å². The van der Waals surface area contributed by atoms with Crippen LogP contribution in [0.3, 0.4) is 0 Å². The molecule has 4 heterocycles. The molecule has 0 fully saturated rings. The Morgan fingerprint density at radius 1 is 0.571 bits per heavy atom. The zero-order valence-corrected chi connectivity index (χ0v) is 29.0. The molecule has 49 heavy (non-hydrogen) atoms. The van der Waals surface area contributed by atoms with Crippen LogP contribution in [0.5, 0.6) is 0 Å². The maximum absolute atomic E-state index is 12.7. The zero-order chi connectivity index (χ0) is 34.0. The van der Waals surface area contributed by atoms with Crippen molar-refractivity contribution < 1.29 is 0 Å². The number of terminal acetylenes is 1. The van der Waals surface area contributed by atoms with E-state index < -0.39 is 0 Å². The van der Waals surface area contributed by atoms with E-state index in [1.807, 2.05) is 106 Å². The molecule has 0 amide bonds. The van der Waals surface area contributed by atoms with Crippen LogP contribution in [-0.4, -0.2) is 19.1 Å². The van der Waals surface area contributed by atoms with E-state index in [1.165, 1.54) is 6.42 Å². The smallest absolute Gasteiger partial charge is 0.261 e. The molecule has 6 nitrogen and oxygen atoms in total. The molecule has 7 heteroatoms. The van der Waals surface area contributed by atoms with Gasteiger partial charge in [-0.25, -0.2) is 9.97 Å². The Morgan fingerprint density at radius 2 is 1.08 bits per heavy atom. The first kappa shape index (κ1) is 33.7. The number of aryl methyl sites for hydroxylation is 2. The van der Waals surface area contributed by atoms with Crippen LogP contribution in [0.1, 0.15) is 66.9 Å².